The lowest BCUT2D eigenvalue weighted by Crippen LogP contribution is -2.34. The van der Waals surface area contributed by atoms with Crippen molar-refractivity contribution in [2.24, 2.45) is 5.73 Å². The molecule has 0 saturated carbocycles. The second-order valence-electron chi connectivity index (χ2n) is 6.83. The molecule has 3 N–H and O–H groups in total. The fourth-order valence-corrected chi connectivity index (χ4v) is 3.92. The first-order chi connectivity index (χ1) is 12.4. The van der Waals surface area contributed by atoms with Gasteiger partial charge in [0.15, 0.2) is 0 Å². The minimum Gasteiger partial charge on any atom is -0.325 e. The maximum Gasteiger partial charge on any atom is 0.241 e. The standard InChI is InChI=1S/C20H23Cl2N3O/c1-3-19(23)20(26)24-14-6-4-12(5-7-14)16-10-25(2)11-17-15(16)8-13(21)9-18(17)22/h4-9,16,19H,3,10-11,23H2,1-2H3,(H,24,26). The van der Waals surface area contributed by atoms with Crippen LogP contribution in [0, 0.1) is 0 Å². The molecule has 138 valence electrons. The van der Waals surface area contributed by atoms with Crippen molar-refractivity contribution in [3.05, 3.63) is 63.1 Å². The number of fused-ring (bicyclic) bond motifs is 1. The molecular weight excluding hydrogens is 369 g/mol. The molecule has 0 spiro atoms. The quantitative estimate of drug-likeness (QED) is 0.818. The first-order valence-electron chi connectivity index (χ1n) is 8.71. The van der Waals surface area contributed by atoms with Gasteiger partial charge in [-0.05, 0) is 54.4 Å². The first-order valence-corrected chi connectivity index (χ1v) is 9.47. The number of benzene rings is 2. The molecule has 0 bridgehead atoms. The van der Waals surface area contributed by atoms with Gasteiger partial charge in [0, 0.05) is 34.7 Å². The van der Waals surface area contributed by atoms with Crippen molar-refractivity contribution in [3.8, 4) is 0 Å². The molecule has 4 nitrogen and oxygen atoms in total. The second-order valence-corrected chi connectivity index (χ2v) is 7.67. The van der Waals surface area contributed by atoms with Gasteiger partial charge in [-0.15, -0.1) is 0 Å². The van der Waals surface area contributed by atoms with E-state index in [0.29, 0.717) is 16.5 Å². The van der Waals surface area contributed by atoms with Crippen molar-refractivity contribution in [1.29, 1.82) is 0 Å². The lowest BCUT2D eigenvalue weighted by molar-refractivity contribution is -0.117. The molecule has 0 saturated heterocycles. The fourth-order valence-electron chi connectivity index (χ4n) is 3.35. The number of rotatable bonds is 4. The Labute approximate surface area is 164 Å². The summed E-state index contributed by atoms with van der Waals surface area (Å²) in [6.45, 7) is 3.58. The predicted octanol–water partition coefficient (Wildman–Crippen LogP) is 4.25. The van der Waals surface area contributed by atoms with Crippen LogP contribution in [0.1, 0.15) is 36.0 Å². The monoisotopic (exact) mass is 391 g/mol. The molecule has 1 heterocycles. The van der Waals surface area contributed by atoms with E-state index in [1.165, 1.54) is 5.56 Å². The van der Waals surface area contributed by atoms with Crippen LogP contribution < -0.4 is 11.1 Å². The highest BCUT2D eigenvalue weighted by Gasteiger charge is 2.27. The Morgan fingerprint density at radius 3 is 2.65 bits per heavy atom. The van der Waals surface area contributed by atoms with Crippen LogP contribution in [-0.2, 0) is 11.3 Å². The summed E-state index contributed by atoms with van der Waals surface area (Å²) in [6.07, 6.45) is 0.608. The van der Waals surface area contributed by atoms with Crippen LogP contribution in [0.5, 0.6) is 0 Å². The van der Waals surface area contributed by atoms with Gasteiger partial charge < -0.3 is 16.0 Å². The Morgan fingerprint density at radius 1 is 1.31 bits per heavy atom. The molecule has 2 atom stereocenters. The van der Waals surface area contributed by atoms with Crippen molar-refractivity contribution in [2.75, 3.05) is 18.9 Å². The average Bonchev–Trinajstić information content (AvgIpc) is 2.61. The summed E-state index contributed by atoms with van der Waals surface area (Å²) in [5, 5.41) is 4.22. The Kier molecular flexibility index (Phi) is 5.88. The van der Waals surface area contributed by atoms with Crippen LogP contribution in [0.2, 0.25) is 10.0 Å². The summed E-state index contributed by atoms with van der Waals surface area (Å²) in [5.41, 5.74) is 9.97. The van der Waals surface area contributed by atoms with Gasteiger partial charge in [-0.2, -0.15) is 0 Å². The Hall–Kier alpha value is -1.59. The summed E-state index contributed by atoms with van der Waals surface area (Å²) in [5.74, 6) is 0.0177. The Balaban J connectivity index is 1.87. The first kappa shape index (κ1) is 19.2. The Bertz CT molecular complexity index is 807. The van der Waals surface area contributed by atoms with Crippen LogP contribution in [0.15, 0.2) is 36.4 Å². The van der Waals surface area contributed by atoms with Gasteiger partial charge in [-0.3, -0.25) is 4.79 Å². The number of nitrogens with two attached hydrogens (primary N) is 1. The summed E-state index contributed by atoms with van der Waals surface area (Å²) in [6, 6.07) is 11.2. The number of hydrogen-bond donors (Lipinski definition) is 2. The summed E-state index contributed by atoms with van der Waals surface area (Å²) >= 11 is 12.7. The molecule has 1 aliphatic rings. The number of anilines is 1. The normalized spacial score (nSPS) is 18.3. The molecule has 0 aliphatic carbocycles. The van der Waals surface area contributed by atoms with Crippen molar-refractivity contribution in [3.63, 3.8) is 0 Å². The highest BCUT2D eigenvalue weighted by atomic mass is 35.5. The maximum absolute atomic E-state index is 11.9. The van der Waals surface area contributed by atoms with Crippen LogP contribution in [0.3, 0.4) is 0 Å². The minimum atomic E-state index is -0.488. The fraction of sp³-hybridized carbons (Fsp3) is 0.350. The maximum atomic E-state index is 11.9. The van der Waals surface area contributed by atoms with E-state index in [1.54, 1.807) is 6.07 Å². The molecule has 3 rings (SSSR count). The SMILES string of the molecule is CCC(N)C(=O)Nc1ccc(C2CN(C)Cc3c(Cl)cc(Cl)cc32)cc1. The zero-order valence-electron chi connectivity index (χ0n) is 14.9. The van der Waals surface area contributed by atoms with Gasteiger partial charge in [0.05, 0.1) is 6.04 Å². The van der Waals surface area contributed by atoms with E-state index < -0.39 is 6.04 Å². The molecule has 1 amide bonds. The minimum absolute atomic E-state index is 0.165. The lowest BCUT2D eigenvalue weighted by Gasteiger charge is -2.33. The smallest absolute Gasteiger partial charge is 0.241 e. The molecule has 0 fully saturated rings. The van der Waals surface area contributed by atoms with E-state index in [1.807, 2.05) is 37.3 Å². The number of carbonyl (C=O) groups is 1. The average molecular weight is 392 g/mol. The third-order valence-electron chi connectivity index (χ3n) is 4.85. The number of hydrogen-bond acceptors (Lipinski definition) is 3. The number of amides is 1. The van der Waals surface area contributed by atoms with E-state index in [2.05, 4.69) is 17.3 Å². The van der Waals surface area contributed by atoms with Crippen LogP contribution in [0.25, 0.3) is 0 Å². The zero-order chi connectivity index (χ0) is 18.8. The van der Waals surface area contributed by atoms with Crippen LogP contribution >= 0.6 is 23.2 Å². The number of likely N-dealkylation sites (N-methyl/N-ethyl adjacent to an activating group) is 1. The Morgan fingerprint density at radius 2 is 2.00 bits per heavy atom. The van der Waals surface area contributed by atoms with E-state index in [-0.39, 0.29) is 11.8 Å². The van der Waals surface area contributed by atoms with Crippen LogP contribution in [0.4, 0.5) is 5.69 Å². The van der Waals surface area contributed by atoms with E-state index in [4.69, 9.17) is 28.9 Å². The van der Waals surface area contributed by atoms with Gasteiger partial charge in [0.1, 0.15) is 0 Å². The largest absolute Gasteiger partial charge is 0.325 e. The van der Waals surface area contributed by atoms with Gasteiger partial charge in [0.25, 0.3) is 0 Å². The summed E-state index contributed by atoms with van der Waals surface area (Å²) < 4.78 is 0. The van der Waals surface area contributed by atoms with E-state index in [9.17, 15) is 4.79 Å². The van der Waals surface area contributed by atoms with Crippen molar-refractivity contribution >= 4 is 34.8 Å². The molecule has 26 heavy (non-hydrogen) atoms. The number of nitrogens with zero attached hydrogens (tertiary/aromatic N) is 1. The molecule has 6 heteroatoms. The molecular formula is C20H23Cl2N3O. The predicted molar refractivity (Wildman–Crippen MR) is 108 cm³/mol. The summed E-state index contributed by atoms with van der Waals surface area (Å²) in [4.78, 5) is 14.2. The van der Waals surface area contributed by atoms with Gasteiger partial charge in [-0.25, -0.2) is 0 Å². The molecule has 2 aromatic rings. The number of nitrogens with one attached hydrogen (secondary N) is 1. The zero-order valence-corrected chi connectivity index (χ0v) is 16.4. The number of halogens is 2. The highest BCUT2D eigenvalue weighted by molar-refractivity contribution is 6.35. The third-order valence-corrected chi connectivity index (χ3v) is 5.41. The van der Waals surface area contributed by atoms with Crippen molar-refractivity contribution < 1.29 is 4.79 Å². The van der Waals surface area contributed by atoms with Crippen LogP contribution in [-0.4, -0.2) is 30.4 Å². The molecule has 2 aromatic carbocycles. The topological polar surface area (TPSA) is 58.4 Å². The molecule has 1 aliphatic heterocycles. The third kappa shape index (κ3) is 4.04. The molecule has 0 radical (unpaired) electrons. The van der Waals surface area contributed by atoms with Crippen molar-refractivity contribution in [2.45, 2.75) is 31.8 Å². The summed E-state index contributed by atoms with van der Waals surface area (Å²) in [7, 11) is 2.08. The van der Waals surface area contributed by atoms with E-state index >= 15 is 0 Å². The highest BCUT2D eigenvalue weighted by Crippen LogP contribution is 2.38. The second kappa shape index (κ2) is 7.97. The van der Waals surface area contributed by atoms with Gasteiger partial charge in [0.2, 0.25) is 5.91 Å². The lowest BCUT2D eigenvalue weighted by atomic mass is 9.84. The van der Waals surface area contributed by atoms with Crippen molar-refractivity contribution in [1.82, 2.24) is 4.90 Å². The van der Waals surface area contributed by atoms with E-state index in [0.717, 1.165) is 29.9 Å². The van der Waals surface area contributed by atoms with Gasteiger partial charge >= 0.3 is 0 Å². The molecule has 0 aromatic heterocycles. The molecule has 2 unspecified atom stereocenters. The van der Waals surface area contributed by atoms with Gasteiger partial charge in [-0.1, -0.05) is 42.3 Å². The number of carbonyl (C=O) groups excluding carboxylic acids is 1.